The summed E-state index contributed by atoms with van der Waals surface area (Å²) < 4.78 is 200. The van der Waals surface area contributed by atoms with Gasteiger partial charge in [-0.2, -0.15) is 9.97 Å². The van der Waals surface area contributed by atoms with Crippen LogP contribution in [0, 0.1) is 0 Å². The summed E-state index contributed by atoms with van der Waals surface area (Å²) in [5, 5.41) is -1.66. The summed E-state index contributed by atoms with van der Waals surface area (Å²) in [6.45, 7) is 0. The predicted molar refractivity (Wildman–Crippen MR) is 205 cm³/mol. The Balaban J connectivity index is 1.37. The average molecular weight is 676 g/mol. The van der Waals surface area contributed by atoms with E-state index in [0.29, 0.717) is 5.56 Å². The second-order valence-electron chi connectivity index (χ2n) is 11.2. The Morgan fingerprint density at radius 2 is 1.16 bits per heavy atom. The van der Waals surface area contributed by atoms with Crippen LogP contribution in [0.25, 0.3) is 106 Å². The lowest BCUT2D eigenvalue weighted by atomic mass is 9.99. The topological polar surface area (TPSA) is 69.9 Å². The molecule has 11 rings (SSSR count). The second kappa shape index (κ2) is 10.7. The molecule has 0 saturated heterocycles. The highest BCUT2D eigenvalue weighted by atomic mass is 16.3. The quantitative estimate of drug-likeness (QED) is 0.186. The van der Waals surface area contributed by atoms with Crippen molar-refractivity contribution in [2.75, 3.05) is 0 Å². The molecular formula is C45H26N4O2. The van der Waals surface area contributed by atoms with Crippen molar-refractivity contribution >= 4 is 65.7 Å². The summed E-state index contributed by atoms with van der Waals surface area (Å²) in [5.74, 6) is -2.21. The highest BCUT2D eigenvalue weighted by molar-refractivity contribution is 6.24. The first kappa shape index (κ1) is 14.4. The molecule has 0 bridgehead atoms. The smallest absolute Gasteiger partial charge is 0.238 e. The molecule has 0 spiro atoms. The first-order chi connectivity index (χ1) is 34.0. The number of furan rings is 2. The van der Waals surface area contributed by atoms with Crippen molar-refractivity contribution < 1.29 is 37.6 Å². The van der Waals surface area contributed by atoms with Crippen LogP contribution in [-0.4, -0.2) is 19.5 Å². The number of benzene rings is 7. The highest BCUT2D eigenvalue weighted by Gasteiger charge is 2.22. The van der Waals surface area contributed by atoms with Gasteiger partial charge in [0, 0.05) is 38.1 Å². The number of rotatable bonds is 4. The van der Waals surface area contributed by atoms with Gasteiger partial charge in [-0.05, 0) is 53.4 Å². The fraction of sp³-hybridized carbons (Fsp3) is 0. The maximum Gasteiger partial charge on any atom is 0.238 e. The van der Waals surface area contributed by atoms with Gasteiger partial charge in [-0.25, -0.2) is 4.98 Å². The Kier molecular flexibility index (Phi) is 3.03. The molecule has 0 aliphatic heterocycles. The molecule has 6 heteroatoms. The van der Waals surface area contributed by atoms with Crippen molar-refractivity contribution in [2.24, 2.45) is 0 Å². The first-order valence-corrected chi connectivity index (χ1v) is 15.2. The lowest BCUT2D eigenvalue weighted by Gasteiger charge is -2.11. The Labute approximate surface area is 320 Å². The Bertz CT molecular complexity index is 4330. The van der Waals surface area contributed by atoms with E-state index in [2.05, 4.69) is 15.0 Å². The Morgan fingerprint density at radius 1 is 0.471 bits per heavy atom. The van der Waals surface area contributed by atoms with E-state index >= 15 is 0 Å². The van der Waals surface area contributed by atoms with E-state index in [1.807, 2.05) is 0 Å². The molecular weight excluding hydrogens is 629 g/mol. The molecule has 0 aliphatic carbocycles. The molecule has 0 radical (unpaired) electrons. The van der Waals surface area contributed by atoms with Gasteiger partial charge < -0.3 is 8.83 Å². The standard InChI is InChI=1S/C45H26N4O2/c1-3-12-27(13-4-1)30-18-11-21-37-40(30)34-23-22-29(26-39(34)51-37)44-46-43(28-14-5-2-6-15-28)47-45(48-44)49-35-19-9-7-16-31(35)32-24-25-38-41(42(32)49)33-17-8-10-20-36(33)50-38/h1-26H/i2D,5D,6D,7D,8D,9D,10D,11D,14D,15D,16D,17D,18D,19D,20D,21D,22D,23D,24D,25D,26D. The average Bonchev–Trinajstić information content (AvgIpc) is 4.07. The van der Waals surface area contributed by atoms with Crippen LogP contribution < -0.4 is 0 Å². The van der Waals surface area contributed by atoms with Crippen LogP contribution in [0.3, 0.4) is 0 Å². The van der Waals surface area contributed by atoms with Gasteiger partial charge in [0.05, 0.1) is 45.2 Å². The summed E-state index contributed by atoms with van der Waals surface area (Å²) in [7, 11) is 0. The third-order valence-corrected chi connectivity index (χ3v) is 8.38. The normalized spacial score (nSPS) is 17.7. The third kappa shape index (κ3) is 4.20. The monoisotopic (exact) mass is 675 g/mol. The van der Waals surface area contributed by atoms with Gasteiger partial charge in [0.2, 0.25) is 5.95 Å². The largest absolute Gasteiger partial charge is 0.456 e. The summed E-state index contributed by atoms with van der Waals surface area (Å²) in [5.41, 5.74) is -3.36. The van der Waals surface area contributed by atoms with E-state index < -0.39 is 183 Å². The first-order valence-electron chi connectivity index (χ1n) is 25.7. The fourth-order valence-corrected chi connectivity index (χ4v) is 6.24. The van der Waals surface area contributed by atoms with Crippen LogP contribution in [0.2, 0.25) is 0 Å². The van der Waals surface area contributed by atoms with Gasteiger partial charge in [0.15, 0.2) is 11.6 Å². The van der Waals surface area contributed by atoms with Crippen LogP contribution in [-0.2, 0) is 0 Å². The summed E-state index contributed by atoms with van der Waals surface area (Å²) >= 11 is 0. The molecule has 4 heterocycles. The van der Waals surface area contributed by atoms with Crippen LogP contribution >= 0.6 is 0 Å². The second-order valence-corrected chi connectivity index (χ2v) is 11.2. The third-order valence-electron chi connectivity index (χ3n) is 8.38. The maximum atomic E-state index is 9.64. The van der Waals surface area contributed by atoms with Crippen LogP contribution in [0.5, 0.6) is 0 Å². The molecule has 0 aliphatic rings. The van der Waals surface area contributed by atoms with Crippen molar-refractivity contribution in [3.8, 4) is 39.9 Å². The molecule has 11 aromatic rings. The van der Waals surface area contributed by atoms with E-state index in [1.54, 1.807) is 30.3 Å². The Hall–Kier alpha value is -7.05. The molecule has 0 N–H and O–H groups in total. The molecule has 0 atom stereocenters. The minimum atomic E-state index is -0.848. The number of aromatic nitrogens is 4. The summed E-state index contributed by atoms with van der Waals surface area (Å²) in [4.78, 5) is 13.6. The van der Waals surface area contributed by atoms with Crippen molar-refractivity contribution in [1.29, 1.82) is 0 Å². The van der Waals surface area contributed by atoms with Gasteiger partial charge in [0.25, 0.3) is 0 Å². The minimum absolute atomic E-state index is 0.0226. The number of hydrogen-bond acceptors (Lipinski definition) is 5. The number of fused-ring (bicyclic) bond motifs is 10. The lowest BCUT2D eigenvalue weighted by molar-refractivity contribution is 0.668. The van der Waals surface area contributed by atoms with Gasteiger partial charge in [-0.15, -0.1) is 0 Å². The lowest BCUT2D eigenvalue weighted by Crippen LogP contribution is -2.06. The summed E-state index contributed by atoms with van der Waals surface area (Å²) in [6, 6.07) is -6.87. The zero-order valence-corrected chi connectivity index (χ0v) is 25.5. The van der Waals surface area contributed by atoms with Gasteiger partial charge in [-0.3, -0.25) is 4.57 Å². The van der Waals surface area contributed by atoms with E-state index in [9.17, 15) is 6.85 Å². The zero-order valence-electron chi connectivity index (χ0n) is 46.5. The van der Waals surface area contributed by atoms with E-state index in [4.69, 9.17) is 30.8 Å². The molecule has 0 fully saturated rings. The van der Waals surface area contributed by atoms with Crippen molar-refractivity contribution in [3.05, 3.63) is 157 Å². The van der Waals surface area contributed by atoms with E-state index in [-0.39, 0.29) is 43.6 Å². The van der Waals surface area contributed by atoms with Crippen LogP contribution in [0.1, 0.15) is 28.8 Å². The molecule has 7 aromatic carbocycles. The van der Waals surface area contributed by atoms with Crippen LogP contribution in [0.15, 0.2) is 166 Å². The molecule has 51 heavy (non-hydrogen) atoms. The molecule has 6 nitrogen and oxygen atoms in total. The molecule has 0 amide bonds. The molecule has 0 saturated carbocycles. The highest BCUT2D eigenvalue weighted by Crippen LogP contribution is 2.41. The van der Waals surface area contributed by atoms with Crippen molar-refractivity contribution in [1.82, 2.24) is 19.5 Å². The Morgan fingerprint density at radius 3 is 2.04 bits per heavy atom. The number of nitrogens with zero attached hydrogens (tertiary/aromatic N) is 4. The minimum Gasteiger partial charge on any atom is -0.456 e. The number of para-hydroxylation sites is 2. The van der Waals surface area contributed by atoms with Gasteiger partial charge in [-0.1, -0.05) is 115 Å². The van der Waals surface area contributed by atoms with Gasteiger partial charge in [0.1, 0.15) is 22.3 Å². The fourth-order valence-electron chi connectivity index (χ4n) is 6.24. The van der Waals surface area contributed by atoms with Crippen molar-refractivity contribution in [2.45, 2.75) is 0 Å². The maximum absolute atomic E-state index is 9.64. The van der Waals surface area contributed by atoms with E-state index in [1.165, 1.54) is 0 Å². The van der Waals surface area contributed by atoms with Crippen LogP contribution in [0.4, 0.5) is 0 Å². The SMILES string of the molecule is [2H]c1c([2H])c([2H])c(-c2nc(-c3c([2H])c([2H])c4c(oc5c([2H])c([2H])c([2H])c(-c6ccccc6)c54)c3[2H])nc(-n3c4c([2H])c([2H])c([2H])c([2H])c4c4c([2H])c([2H])c5oc6c([2H])c([2H])c([2H])c([2H])c6c5c43)n2)c([2H])c1[2H]. The van der Waals surface area contributed by atoms with Crippen molar-refractivity contribution in [3.63, 3.8) is 0 Å². The van der Waals surface area contributed by atoms with Gasteiger partial charge >= 0.3 is 0 Å². The number of hydrogen-bond donors (Lipinski definition) is 0. The molecule has 238 valence electrons. The summed E-state index contributed by atoms with van der Waals surface area (Å²) in [6.07, 6.45) is 0. The van der Waals surface area contributed by atoms with E-state index in [0.717, 1.165) is 4.57 Å². The predicted octanol–water partition coefficient (Wildman–Crippen LogP) is 11.8. The zero-order chi connectivity index (χ0) is 51.7. The molecule has 0 unspecified atom stereocenters. The molecule has 4 aromatic heterocycles.